The van der Waals surface area contributed by atoms with Crippen molar-refractivity contribution in [2.75, 3.05) is 0 Å². The highest BCUT2D eigenvalue weighted by Crippen LogP contribution is 2.26. The van der Waals surface area contributed by atoms with E-state index in [1.165, 1.54) is 16.7 Å². The molecule has 10 heavy (non-hydrogen) atoms. The van der Waals surface area contributed by atoms with Crippen molar-refractivity contribution in [3.05, 3.63) is 34.5 Å². The number of rotatable bonds is 0. The van der Waals surface area contributed by atoms with E-state index in [1.54, 1.807) is 11.3 Å². The molecule has 50 valence electrons. The van der Waals surface area contributed by atoms with E-state index < -0.39 is 0 Å². The summed E-state index contributed by atoms with van der Waals surface area (Å²) in [7, 11) is 0. The lowest BCUT2D eigenvalue weighted by molar-refractivity contribution is 1.56. The third-order valence-corrected chi connectivity index (χ3v) is 2.30. The van der Waals surface area contributed by atoms with E-state index in [9.17, 15) is 0 Å². The largest absolute Gasteiger partial charge is 0.152 e. The van der Waals surface area contributed by atoms with Gasteiger partial charge in [-0.1, -0.05) is 12.1 Å². The molecule has 0 aromatic rings. The molecule has 0 saturated carbocycles. The van der Waals surface area contributed by atoms with Gasteiger partial charge in [-0.2, -0.15) is 11.3 Å². The topological polar surface area (TPSA) is 0 Å². The van der Waals surface area contributed by atoms with Crippen molar-refractivity contribution >= 4 is 11.3 Å². The quantitative estimate of drug-likeness (QED) is 0.538. The van der Waals surface area contributed by atoms with Gasteiger partial charge in [-0.25, -0.2) is 0 Å². The lowest BCUT2D eigenvalue weighted by Crippen LogP contribution is -1.64. The predicted molar refractivity (Wildman–Crippen MR) is 45.7 cm³/mol. The summed E-state index contributed by atoms with van der Waals surface area (Å²) in [6.07, 6.45) is 0. The molecule has 0 amide bonds. The van der Waals surface area contributed by atoms with Gasteiger partial charge in [0, 0.05) is 0 Å². The van der Waals surface area contributed by atoms with Crippen LogP contribution in [0.5, 0.6) is 0 Å². The van der Waals surface area contributed by atoms with Crippen molar-refractivity contribution in [3.8, 4) is 11.1 Å². The van der Waals surface area contributed by atoms with Crippen LogP contribution in [-0.4, -0.2) is 0 Å². The standard InChI is InChI=1S/C9H8S/c1-7-4-8-2-3-10-6-9(8)5-7/h2-6H,1H3. The molecule has 2 aliphatic rings. The highest BCUT2D eigenvalue weighted by molar-refractivity contribution is 7.07. The van der Waals surface area contributed by atoms with E-state index >= 15 is 0 Å². The molecule has 0 aromatic carbocycles. The van der Waals surface area contributed by atoms with Gasteiger partial charge in [-0.05, 0) is 40.4 Å². The molecule has 0 atom stereocenters. The molecule has 0 N–H and O–H groups in total. The van der Waals surface area contributed by atoms with Gasteiger partial charge < -0.3 is 0 Å². The highest BCUT2D eigenvalue weighted by atomic mass is 32.1. The fraction of sp³-hybridized carbons (Fsp3) is 0.111. The minimum absolute atomic E-state index is 1.36. The van der Waals surface area contributed by atoms with Gasteiger partial charge in [-0.15, -0.1) is 0 Å². The second-order valence-electron chi connectivity index (χ2n) is 2.50. The van der Waals surface area contributed by atoms with Gasteiger partial charge in [0.2, 0.25) is 0 Å². The molecule has 0 radical (unpaired) electrons. The first kappa shape index (κ1) is 5.93. The summed E-state index contributed by atoms with van der Waals surface area (Å²) in [4.78, 5) is 0. The van der Waals surface area contributed by atoms with Crippen LogP contribution in [0.4, 0.5) is 0 Å². The van der Waals surface area contributed by atoms with Crippen molar-refractivity contribution in [1.29, 1.82) is 0 Å². The second kappa shape index (κ2) is 2.10. The van der Waals surface area contributed by atoms with E-state index in [0.29, 0.717) is 0 Å². The first-order valence-corrected chi connectivity index (χ1v) is 4.23. The Morgan fingerprint density at radius 3 is 2.80 bits per heavy atom. The zero-order valence-electron chi connectivity index (χ0n) is 5.79. The molecule has 0 fully saturated rings. The first-order chi connectivity index (χ1) is 4.86. The average molecular weight is 148 g/mol. The zero-order chi connectivity index (χ0) is 6.97. The van der Waals surface area contributed by atoms with Crippen LogP contribution in [0.1, 0.15) is 5.56 Å². The van der Waals surface area contributed by atoms with Gasteiger partial charge in [-0.3, -0.25) is 0 Å². The smallest absolute Gasteiger partial charge is 0.00149 e. The summed E-state index contributed by atoms with van der Waals surface area (Å²) in [6.45, 7) is 2.13. The molecule has 0 nitrogen and oxygen atoms in total. The maximum Gasteiger partial charge on any atom is -0.00149 e. The molecular formula is C9H8S. The fourth-order valence-electron chi connectivity index (χ4n) is 1.17. The first-order valence-electron chi connectivity index (χ1n) is 3.29. The van der Waals surface area contributed by atoms with Crippen molar-refractivity contribution in [2.45, 2.75) is 6.92 Å². The van der Waals surface area contributed by atoms with E-state index in [1.807, 2.05) is 0 Å². The lowest BCUT2D eigenvalue weighted by Gasteiger charge is -1.91. The maximum absolute atomic E-state index is 2.21. The fourth-order valence-corrected chi connectivity index (χ4v) is 1.82. The lowest BCUT2D eigenvalue weighted by atomic mass is 10.2. The summed E-state index contributed by atoms with van der Waals surface area (Å²) >= 11 is 1.75. The maximum atomic E-state index is 2.21. The van der Waals surface area contributed by atoms with Crippen molar-refractivity contribution in [3.63, 3.8) is 0 Å². The van der Waals surface area contributed by atoms with Crippen LogP contribution in [0.15, 0.2) is 29.0 Å². The van der Waals surface area contributed by atoms with Crippen LogP contribution in [0, 0.1) is 6.92 Å². The van der Waals surface area contributed by atoms with Crippen molar-refractivity contribution in [2.24, 2.45) is 0 Å². The molecular weight excluding hydrogens is 140 g/mol. The van der Waals surface area contributed by atoms with Crippen LogP contribution in [0.2, 0.25) is 0 Å². The zero-order valence-corrected chi connectivity index (χ0v) is 6.61. The van der Waals surface area contributed by atoms with Gasteiger partial charge in [0.05, 0.1) is 0 Å². The summed E-state index contributed by atoms with van der Waals surface area (Å²) in [5.41, 5.74) is 4.08. The minimum Gasteiger partial charge on any atom is -0.152 e. The Kier molecular flexibility index (Phi) is 1.24. The van der Waals surface area contributed by atoms with Gasteiger partial charge in [0.25, 0.3) is 0 Å². The van der Waals surface area contributed by atoms with E-state index in [-0.39, 0.29) is 0 Å². The van der Waals surface area contributed by atoms with Crippen LogP contribution in [0.3, 0.4) is 0 Å². The molecule has 1 heterocycles. The molecule has 0 saturated heterocycles. The summed E-state index contributed by atoms with van der Waals surface area (Å²) in [5, 5.41) is 4.30. The second-order valence-corrected chi connectivity index (χ2v) is 3.28. The third-order valence-electron chi connectivity index (χ3n) is 1.62. The molecule has 1 aliphatic carbocycles. The summed E-state index contributed by atoms with van der Waals surface area (Å²) < 4.78 is 0. The van der Waals surface area contributed by atoms with Gasteiger partial charge in [0.15, 0.2) is 0 Å². The minimum atomic E-state index is 1.36. The van der Waals surface area contributed by atoms with Crippen LogP contribution in [-0.2, 0) is 0 Å². The Labute approximate surface area is 64.5 Å². The van der Waals surface area contributed by atoms with Crippen molar-refractivity contribution in [1.82, 2.24) is 0 Å². The van der Waals surface area contributed by atoms with E-state index in [4.69, 9.17) is 0 Å². The Bertz CT molecular complexity index is 279. The normalized spacial score (nSPS) is 10.5. The Morgan fingerprint density at radius 2 is 2.00 bits per heavy atom. The molecule has 0 aromatic heterocycles. The van der Waals surface area contributed by atoms with Gasteiger partial charge in [0.1, 0.15) is 0 Å². The van der Waals surface area contributed by atoms with E-state index in [0.717, 1.165) is 0 Å². The number of aryl methyl sites for hydroxylation is 1. The Balaban J connectivity index is 2.76. The monoisotopic (exact) mass is 148 g/mol. The molecule has 0 bridgehead atoms. The number of hydrogen-bond acceptors (Lipinski definition) is 1. The van der Waals surface area contributed by atoms with Crippen LogP contribution in [0.25, 0.3) is 11.1 Å². The van der Waals surface area contributed by atoms with Crippen LogP contribution < -0.4 is 0 Å². The molecule has 1 heteroatoms. The van der Waals surface area contributed by atoms with Crippen molar-refractivity contribution < 1.29 is 0 Å². The summed E-state index contributed by atoms with van der Waals surface area (Å²) in [5.74, 6) is 0. The average Bonchev–Trinajstić information content (AvgIpc) is 2.27. The molecule has 1 aliphatic heterocycles. The molecule has 0 unspecified atom stereocenters. The number of fused-ring (bicyclic) bond motifs is 1. The summed E-state index contributed by atoms with van der Waals surface area (Å²) in [6, 6.07) is 6.58. The molecule has 0 spiro atoms. The number of hydrogen-bond donors (Lipinski definition) is 0. The highest BCUT2D eigenvalue weighted by Gasteiger charge is 2.00. The van der Waals surface area contributed by atoms with E-state index in [2.05, 4.69) is 35.9 Å². The third kappa shape index (κ3) is 0.830. The molecule has 2 rings (SSSR count). The van der Waals surface area contributed by atoms with Gasteiger partial charge >= 0.3 is 0 Å². The SMILES string of the molecule is Cc1cc2ccscc-2c1. The predicted octanol–water partition coefficient (Wildman–Crippen LogP) is 3.16. The Morgan fingerprint density at radius 1 is 1.20 bits per heavy atom. The van der Waals surface area contributed by atoms with Crippen LogP contribution >= 0.6 is 11.3 Å². The Hall–Kier alpha value is -0.820.